The molecule has 0 unspecified atom stereocenters. The van der Waals surface area contributed by atoms with Gasteiger partial charge in [0.1, 0.15) is 23.9 Å². The number of hydrogen-bond donors (Lipinski definition) is 3. The van der Waals surface area contributed by atoms with Crippen LogP contribution in [0.15, 0.2) is 52.9 Å². The van der Waals surface area contributed by atoms with Crippen molar-refractivity contribution >= 4 is 46.5 Å². The Labute approximate surface area is 257 Å². The van der Waals surface area contributed by atoms with Gasteiger partial charge in [-0.2, -0.15) is 0 Å². The van der Waals surface area contributed by atoms with Crippen LogP contribution < -0.4 is 15.4 Å². The molecule has 5 rings (SSSR count). The third kappa shape index (κ3) is 6.95. The fourth-order valence-electron chi connectivity index (χ4n) is 5.57. The number of hydrazine groups is 1. The summed E-state index contributed by atoms with van der Waals surface area (Å²) in [7, 11) is 1.42. The maximum Gasteiger partial charge on any atom is 0.305 e. The molecule has 1 aromatic heterocycles. The number of aromatic nitrogens is 1. The van der Waals surface area contributed by atoms with Crippen LogP contribution in [0.1, 0.15) is 54.8 Å². The summed E-state index contributed by atoms with van der Waals surface area (Å²) in [5.41, 5.74) is 1.43. The molecule has 4 amide bonds. The van der Waals surface area contributed by atoms with Crippen molar-refractivity contribution in [2.24, 2.45) is 0 Å². The number of para-hydroxylation sites is 1. The van der Waals surface area contributed by atoms with Gasteiger partial charge in [-0.05, 0) is 43.4 Å². The number of ether oxygens (including phenoxy) is 1. The van der Waals surface area contributed by atoms with Gasteiger partial charge < -0.3 is 24.9 Å². The second-order valence-corrected chi connectivity index (χ2v) is 10.9. The molecule has 0 saturated carbocycles. The number of carboxylic acids is 1. The van der Waals surface area contributed by atoms with Crippen molar-refractivity contribution in [3.05, 3.63) is 60.0 Å². The lowest BCUT2D eigenvalue weighted by Gasteiger charge is -2.43. The quantitative estimate of drug-likeness (QED) is 0.266. The van der Waals surface area contributed by atoms with Gasteiger partial charge in [0.15, 0.2) is 11.1 Å². The first-order valence-electron chi connectivity index (χ1n) is 14.6. The highest BCUT2D eigenvalue weighted by Gasteiger charge is 2.45. The highest BCUT2D eigenvalue weighted by atomic mass is 16.5. The molecule has 3 N–H and O–H groups in total. The van der Waals surface area contributed by atoms with Gasteiger partial charge >= 0.3 is 5.97 Å². The Bertz CT molecular complexity index is 1620. The van der Waals surface area contributed by atoms with E-state index < -0.39 is 54.0 Å². The molecule has 2 fully saturated rings. The standard InChI is InChI=1S/C31H33N5O9/c1-44-22-10-5-11-23-27(22)34-30(45-23)28(41)20(17-26(39)40)33-29(42)21-9-6-16-35-25(38)15-13-19(31(43)36(21)35)32-24(37)14-12-18-7-3-2-4-8-18/h2-5,7-8,10-11,19-21H,6,9,12-17H2,1H3,(H,32,37)(H,33,42)(H,39,40)/t19-,20-,21-/m0/s1. The second-order valence-electron chi connectivity index (χ2n) is 10.9. The monoisotopic (exact) mass is 619 g/mol. The van der Waals surface area contributed by atoms with E-state index in [2.05, 4.69) is 15.6 Å². The summed E-state index contributed by atoms with van der Waals surface area (Å²) in [6, 6.07) is 10.3. The number of nitrogens with zero attached hydrogens (tertiary/aromatic N) is 3. The maximum absolute atomic E-state index is 13.8. The maximum atomic E-state index is 13.8. The van der Waals surface area contributed by atoms with Gasteiger partial charge in [0.2, 0.25) is 23.5 Å². The molecule has 0 aliphatic carbocycles. The number of fused-ring (bicyclic) bond motifs is 2. The lowest BCUT2D eigenvalue weighted by Crippen LogP contribution is -2.64. The van der Waals surface area contributed by atoms with Crippen LogP contribution in [0.2, 0.25) is 0 Å². The number of nitrogens with one attached hydrogen (secondary N) is 2. The molecule has 0 bridgehead atoms. The van der Waals surface area contributed by atoms with Crippen LogP contribution in [0, 0.1) is 0 Å². The fraction of sp³-hybridized carbons (Fsp3) is 0.387. The molecule has 45 heavy (non-hydrogen) atoms. The van der Waals surface area contributed by atoms with Gasteiger partial charge in [0.25, 0.3) is 11.8 Å². The number of oxazole rings is 1. The van der Waals surface area contributed by atoms with Gasteiger partial charge in [-0.25, -0.2) is 9.99 Å². The summed E-state index contributed by atoms with van der Waals surface area (Å²) >= 11 is 0. The number of carboxylic acid groups (broad SMARTS) is 1. The SMILES string of the molecule is COc1cccc2oc(C(=O)[C@H](CC(=O)O)NC(=O)[C@@H]3CCCN4C(=O)CC[C@H](NC(=O)CCc5ccccc5)C(=O)N34)nc12. The van der Waals surface area contributed by atoms with Crippen LogP contribution in [0.25, 0.3) is 11.1 Å². The Kier molecular flexibility index (Phi) is 9.40. The van der Waals surface area contributed by atoms with Gasteiger partial charge in [-0.15, -0.1) is 0 Å². The fourth-order valence-corrected chi connectivity index (χ4v) is 5.57. The first-order valence-corrected chi connectivity index (χ1v) is 14.6. The largest absolute Gasteiger partial charge is 0.494 e. The van der Waals surface area contributed by atoms with E-state index in [9.17, 15) is 33.9 Å². The summed E-state index contributed by atoms with van der Waals surface area (Å²) in [6.07, 6.45) is 0.340. The molecule has 14 nitrogen and oxygen atoms in total. The summed E-state index contributed by atoms with van der Waals surface area (Å²) < 4.78 is 10.8. The van der Waals surface area contributed by atoms with E-state index in [1.54, 1.807) is 18.2 Å². The molecule has 2 aliphatic rings. The first kappa shape index (κ1) is 31.2. The van der Waals surface area contributed by atoms with Crippen molar-refractivity contribution in [3.63, 3.8) is 0 Å². The average Bonchev–Trinajstić information content (AvgIpc) is 3.44. The number of aryl methyl sites for hydroxylation is 1. The number of carbonyl (C=O) groups is 6. The Balaban J connectivity index is 1.33. The molecule has 3 heterocycles. The van der Waals surface area contributed by atoms with E-state index in [4.69, 9.17) is 9.15 Å². The van der Waals surface area contributed by atoms with Crippen molar-refractivity contribution in [2.45, 2.75) is 63.1 Å². The van der Waals surface area contributed by atoms with Gasteiger partial charge in [-0.1, -0.05) is 36.4 Å². The summed E-state index contributed by atoms with van der Waals surface area (Å²) in [5, 5.41) is 16.9. The van der Waals surface area contributed by atoms with E-state index >= 15 is 0 Å². The Hall–Kier alpha value is -5.27. The number of carbonyl (C=O) groups excluding carboxylic acids is 5. The number of methoxy groups -OCH3 is 1. The van der Waals surface area contributed by atoms with Crippen LogP contribution in [0.4, 0.5) is 0 Å². The van der Waals surface area contributed by atoms with Crippen molar-refractivity contribution < 1.29 is 43.0 Å². The highest BCUT2D eigenvalue weighted by molar-refractivity contribution is 6.03. The lowest BCUT2D eigenvalue weighted by molar-refractivity contribution is -0.176. The number of aliphatic carboxylic acids is 1. The van der Waals surface area contributed by atoms with Crippen LogP contribution in [-0.2, 0) is 30.4 Å². The predicted octanol–water partition coefficient (Wildman–Crippen LogP) is 1.62. The highest BCUT2D eigenvalue weighted by Crippen LogP contribution is 2.27. The van der Waals surface area contributed by atoms with E-state index in [1.807, 2.05) is 30.3 Å². The lowest BCUT2D eigenvalue weighted by atomic mass is 10.0. The van der Waals surface area contributed by atoms with Crippen LogP contribution in [-0.4, -0.2) is 87.3 Å². The van der Waals surface area contributed by atoms with Gasteiger partial charge in [0.05, 0.1) is 13.5 Å². The Morgan fingerprint density at radius 1 is 1.09 bits per heavy atom. The molecule has 236 valence electrons. The molecular formula is C31H33N5O9. The van der Waals surface area contributed by atoms with Crippen molar-refractivity contribution in [3.8, 4) is 5.75 Å². The molecule has 0 radical (unpaired) electrons. The zero-order chi connectivity index (χ0) is 32.1. The molecular weight excluding hydrogens is 586 g/mol. The minimum absolute atomic E-state index is 0.0263. The molecule has 14 heteroatoms. The number of rotatable bonds is 11. The van der Waals surface area contributed by atoms with E-state index in [0.29, 0.717) is 18.6 Å². The first-order chi connectivity index (χ1) is 21.7. The number of ketones is 1. The molecule has 2 aliphatic heterocycles. The molecule has 2 aromatic carbocycles. The van der Waals surface area contributed by atoms with E-state index in [1.165, 1.54) is 12.1 Å². The van der Waals surface area contributed by atoms with Crippen molar-refractivity contribution in [2.75, 3.05) is 13.7 Å². The normalized spacial score (nSPS) is 19.0. The number of hydrogen-bond acceptors (Lipinski definition) is 9. The smallest absolute Gasteiger partial charge is 0.305 e. The average molecular weight is 620 g/mol. The number of benzene rings is 2. The van der Waals surface area contributed by atoms with Gasteiger partial charge in [-0.3, -0.25) is 33.8 Å². The third-order valence-electron chi connectivity index (χ3n) is 7.81. The minimum atomic E-state index is -1.59. The van der Waals surface area contributed by atoms with Crippen LogP contribution in [0.5, 0.6) is 5.75 Å². The number of Topliss-reactive ketones (excluding diaryl/α,β-unsaturated/α-hetero) is 1. The summed E-state index contributed by atoms with van der Waals surface area (Å²) in [5.74, 6) is -4.58. The van der Waals surface area contributed by atoms with E-state index in [-0.39, 0.29) is 55.1 Å². The summed E-state index contributed by atoms with van der Waals surface area (Å²) in [6.45, 7) is 0.186. The molecule has 3 aromatic rings. The van der Waals surface area contributed by atoms with Crippen molar-refractivity contribution in [1.29, 1.82) is 0 Å². The summed E-state index contributed by atoms with van der Waals surface area (Å²) in [4.78, 5) is 82.5. The molecule has 2 saturated heterocycles. The molecule has 0 spiro atoms. The third-order valence-corrected chi connectivity index (χ3v) is 7.81. The molecule has 3 atom stereocenters. The number of amides is 4. The predicted molar refractivity (Wildman–Crippen MR) is 157 cm³/mol. The Morgan fingerprint density at radius 2 is 1.87 bits per heavy atom. The second kappa shape index (κ2) is 13.6. The zero-order valence-electron chi connectivity index (χ0n) is 24.6. The minimum Gasteiger partial charge on any atom is -0.494 e. The zero-order valence-corrected chi connectivity index (χ0v) is 24.6. The van der Waals surface area contributed by atoms with E-state index in [0.717, 1.165) is 10.6 Å². The van der Waals surface area contributed by atoms with Gasteiger partial charge in [0, 0.05) is 19.4 Å². The Morgan fingerprint density at radius 3 is 2.60 bits per heavy atom. The van der Waals surface area contributed by atoms with Crippen molar-refractivity contribution in [1.82, 2.24) is 25.6 Å². The van der Waals surface area contributed by atoms with Crippen LogP contribution >= 0.6 is 0 Å². The topological polar surface area (TPSA) is 188 Å². The van der Waals surface area contributed by atoms with Crippen LogP contribution in [0.3, 0.4) is 0 Å².